The fourth-order valence-electron chi connectivity index (χ4n) is 1.44. The molecule has 0 saturated heterocycles. The second-order valence-electron chi connectivity index (χ2n) is 3.52. The van der Waals surface area contributed by atoms with Gasteiger partial charge < -0.3 is 4.90 Å². The van der Waals surface area contributed by atoms with Crippen molar-refractivity contribution in [2.24, 2.45) is 0 Å². The number of hydrogen-bond acceptors (Lipinski definition) is 2. The van der Waals surface area contributed by atoms with Crippen LogP contribution in [-0.2, 0) is 11.2 Å². The molecule has 0 radical (unpaired) electrons. The minimum absolute atomic E-state index is 0.0403. The molecule has 0 unspecified atom stereocenters. The molecule has 3 heteroatoms. The molecule has 0 aliphatic carbocycles. The van der Waals surface area contributed by atoms with E-state index in [4.69, 9.17) is 6.42 Å². The molecule has 16 heavy (non-hydrogen) atoms. The smallest absolute Gasteiger partial charge is 0.229 e. The monoisotopic (exact) mass is 216 g/mol. The molecule has 3 nitrogen and oxygen atoms in total. The number of amides is 1. The van der Waals surface area contributed by atoms with E-state index in [0.717, 1.165) is 12.1 Å². The number of carbonyl (C=O) groups is 1. The van der Waals surface area contributed by atoms with Crippen LogP contribution < -0.4 is 0 Å². The van der Waals surface area contributed by atoms with Crippen LogP contribution in [0.15, 0.2) is 24.4 Å². The highest BCUT2D eigenvalue weighted by Gasteiger charge is 2.12. The van der Waals surface area contributed by atoms with Crippen molar-refractivity contribution < 1.29 is 4.79 Å². The minimum Gasteiger partial charge on any atom is -0.331 e. The first-order valence-corrected chi connectivity index (χ1v) is 5.39. The summed E-state index contributed by atoms with van der Waals surface area (Å²) in [5.74, 6) is 2.54. The van der Waals surface area contributed by atoms with Gasteiger partial charge in [0, 0.05) is 18.4 Å². The molecule has 1 aromatic rings. The first-order valence-electron chi connectivity index (χ1n) is 5.39. The molecule has 0 fully saturated rings. The average Bonchev–Trinajstić information content (AvgIpc) is 2.30. The fraction of sp³-hybridized carbons (Fsp3) is 0.385. The van der Waals surface area contributed by atoms with E-state index in [1.54, 1.807) is 11.1 Å². The van der Waals surface area contributed by atoms with Gasteiger partial charge in [0.15, 0.2) is 0 Å². The maximum absolute atomic E-state index is 11.9. The Bertz CT molecular complexity index is 367. The zero-order chi connectivity index (χ0) is 11.8. The van der Waals surface area contributed by atoms with E-state index < -0.39 is 0 Å². The van der Waals surface area contributed by atoms with E-state index in [0.29, 0.717) is 19.5 Å². The van der Waals surface area contributed by atoms with Gasteiger partial charge in [-0.3, -0.25) is 9.78 Å². The largest absolute Gasteiger partial charge is 0.331 e. The standard InChI is InChI=1S/C13H16N2O/c1-3-9-15(10-4-2)13(16)11-12-7-5-6-8-14-12/h1,5-8H,4,9-11H2,2H3. The zero-order valence-electron chi connectivity index (χ0n) is 9.52. The summed E-state index contributed by atoms with van der Waals surface area (Å²) in [6.45, 7) is 3.10. The lowest BCUT2D eigenvalue weighted by atomic mass is 10.2. The molecule has 1 aromatic heterocycles. The van der Waals surface area contributed by atoms with Gasteiger partial charge in [-0.15, -0.1) is 6.42 Å². The summed E-state index contributed by atoms with van der Waals surface area (Å²) >= 11 is 0. The highest BCUT2D eigenvalue weighted by atomic mass is 16.2. The van der Waals surface area contributed by atoms with Gasteiger partial charge in [0.2, 0.25) is 5.91 Å². The number of terminal acetylenes is 1. The van der Waals surface area contributed by atoms with Crippen LogP contribution in [0.2, 0.25) is 0 Å². The minimum atomic E-state index is 0.0403. The summed E-state index contributed by atoms with van der Waals surface area (Å²) in [5, 5.41) is 0. The van der Waals surface area contributed by atoms with E-state index in [2.05, 4.69) is 10.9 Å². The molecule has 0 aliphatic rings. The average molecular weight is 216 g/mol. The summed E-state index contributed by atoms with van der Waals surface area (Å²) in [4.78, 5) is 17.7. The molecule has 0 aromatic carbocycles. The van der Waals surface area contributed by atoms with Crippen molar-refractivity contribution in [1.82, 2.24) is 9.88 Å². The number of nitrogens with zero attached hydrogens (tertiary/aromatic N) is 2. The van der Waals surface area contributed by atoms with Gasteiger partial charge in [-0.25, -0.2) is 0 Å². The second-order valence-corrected chi connectivity index (χ2v) is 3.52. The number of pyridine rings is 1. The van der Waals surface area contributed by atoms with Crippen LogP contribution in [0.3, 0.4) is 0 Å². The normalized spacial score (nSPS) is 9.50. The van der Waals surface area contributed by atoms with E-state index >= 15 is 0 Å². The lowest BCUT2D eigenvalue weighted by molar-refractivity contribution is -0.129. The van der Waals surface area contributed by atoms with Gasteiger partial charge >= 0.3 is 0 Å². The summed E-state index contributed by atoms with van der Waals surface area (Å²) in [6.07, 6.45) is 8.15. The number of aromatic nitrogens is 1. The molecule has 1 heterocycles. The first kappa shape index (κ1) is 12.3. The first-order chi connectivity index (χ1) is 7.77. The van der Waals surface area contributed by atoms with Crippen LogP contribution in [-0.4, -0.2) is 28.9 Å². The summed E-state index contributed by atoms with van der Waals surface area (Å²) < 4.78 is 0. The molecule has 0 spiro atoms. The maximum atomic E-state index is 11.9. The third kappa shape index (κ3) is 3.74. The van der Waals surface area contributed by atoms with Crippen LogP contribution in [0.25, 0.3) is 0 Å². The fourth-order valence-corrected chi connectivity index (χ4v) is 1.44. The third-order valence-electron chi connectivity index (χ3n) is 2.19. The van der Waals surface area contributed by atoms with Crippen molar-refractivity contribution >= 4 is 5.91 Å². The molecule has 0 aliphatic heterocycles. The van der Waals surface area contributed by atoms with Crippen LogP contribution in [0.5, 0.6) is 0 Å². The Balaban J connectivity index is 2.59. The van der Waals surface area contributed by atoms with Crippen molar-refractivity contribution in [2.45, 2.75) is 19.8 Å². The molecule has 1 rings (SSSR count). The SMILES string of the molecule is C#CCN(CCC)C(=O)Cc1ccccn1. The molecule has 0 saturated carbocycles. The summed E-state index contributed by atoms with van der Waals surface area (Å²) in [6, 6.07) is 5.55. The second kappa shape index (κ2) is 6.62. The van der Waals surface area contributed by atoms with E-state index in [9.17, 15) is 4.79 Å². The van der Waals surface area contributed by atoms with Gasteiger partial charge in [0.05, 0.1) is 13.0 Å². The van der Waals surface area contributed by atoms with E-state index in [-0.39, 0.29) is 5.91 Å². The summed E-state index contributed by atoms with van der Waals surface area (Å²) in [7, 11) is 0. The Labute approximate surface area is 96.5 Å². The Morgan fingerprint density at radius 1 is 1.56 bits per heavy atom. The van der Waals surface area contributed by atoms with Gasteiger partial charge in [-0.1, -0.05) is 18.9 Å². The molecular weight excluding hydrogens is 200 g/mol. The third-order valence-corrected chi connectivity index (χ3v) is 2.19. The number of rotatable bonds is 5. The lowest BCUT2D eigenvalue weighted by Gasteiger charge is -2.19. The van der Waals surface area contributed by atoms with Gasteiger partial charge in [-0.05, 0) is 18.6 Å². The highest BCUT2D eigenvalue weighted by molar-refractivity contribution is 5.78. The van der Waals surface area contributed by atoms with Gasteiger partial charge in [0.1, 0.15) is 0 Å². The molecule has 0 atom stereocenters. The maximum Gasteiger partial charge on any atom is 0.229 e. The Hall–Kier alpha value is -1.82. The van der Waals surface area contributed by atoms with E-state index in [1.165, 1.54) is 0 Å². The number of carbonyl (C=O) groups excluding carboxylic acids is 1. The van der Waals surface area contributed by atoms with Crippen LogP contribution in [0, 0.1) is 12.3 Å². The quantitative estimate of drug-likeness (QED) is 0.699. The van der Waals surface area contributed by atoms with Crippen LogP contribution in [0.1, 0.15) is 19.0 Å². The van der Waals surface area contributed by atoms with Crippen molar-refractivity contribution in [3.05, 3.63) is 30.1 Å². The van der Waals surface area contributed by atoms with Gasteiger partial charge in [0.25, 0.3) is 0 Å². The van der Waals surface area contributed by atoms with Crippen molar-refractivity contribution in [2.75, 3.05) is 13.1 Å². The lowest BCUT2D eigenvalue weighted by Crippen LogP contribution is -2.33. The predicted octanol–water partition coefficient (Wildman–Crippen LogP) is 1.50. The van der Waals surface area contributed by atoms with Crippen LogP contribution in [0.4, 0.5) is 0 Å². The van der Waals surface area contributed by atoms with Crippen molar-refractivity contribution in [3.8, 4) is 12.3 Å². The topological polar surface area (TPSA) is 33.2 Å². The van der Waals surface area contributed by atoms with Crippen LogP contribution >= 0.6 is 0 Å². The number of hydrogen-bond donors (Lipinski definition) is 0. The Kier molecular flexibility index (Phi) is 5.07. The predicted molar refractivity (Wildman–Crippen MR) is 63.6 cm³/mol. The Morgan fingerprint density at radius 3 is 2.94 bits per heavy atom. The molecule has 0 N–H and O–H groups in total. The van der Waals surface area contributed by atoms with Gasteiger partial charge in [-0.2, -0.15) is 0 Å². The molecule has 84 valence electrons. The van der Waals surface area contributed by atoms with Crippen molar-refractivity contribution in [3.63, 3.8) is 0 Å². The summed E-state index contributed by atoms with van der Waals surface area (Å²) in [5.41, 5.74) is 0.783. The molecule has 0 bridgehead atoms. The zero-order valence-corrected chi connectivity index (χ0v) is 9.52. The van der Waals surface area contributed by atoms with E-state index in [1.807, 2.05) is 25.1 Å². The highest BCUT2D eigenvalue weighted by Crippen LogP contribution is 2.00. The van der Waals surface area contributed by atoms with Crippen molar-refractivity contribution in [1.29, 1.82) is 0 Å². The Morgan fingerprint density at radius 2 is 2.38 bits per heavy atom. The molecule has 1 amide bonds. The molecular formula is C13H16N2O.